The number of rotatable bonds is 1. The van der Waals surface area contributed by atoms with Crippen molar-refractivity contribution in [2.24, 2.45) is 0 Å². The van der Waals surface area contributed by atoms with Crippen molar-refractivity contribution in [2.75, 3.05) is 5.88 Å². The molecule has 0 amide bonds. The van der Waals surface area contributed by atoms with Crippen LogP contribution >= 0.6 is 11.6 Å². The van der Waals surface area contributed by atoms with E-state index >= 15 is 0 Å². The molecule has 0 aliphatic carbocycles. The minimum Gasteiger partial charge on any atom is -0.381 e. The smallest absolute Gasteiger partial charge is 0.0660 e. The second kappa shape index (κ2) is 2.44. The van der Waals surface area contributed by atoms with Crippen molar-refractivity contribution in [1.29, 1.82) is 0 Å². The van der Waals surface area contributed by atoms with Gasteiger partial charge >= 0.3 is 0 Å². The fourth-order valence-corrected chi connectivity index (χ4v) is 0.859. The minimum atomic E-state index is -0.0314. The van der Waals surface area contributed by atoms with Gasteiger partial charge in [-0.1, -0.05) is 12.2 Å². The summed E-state index contributed by atoms with van der Waals surface area (Å²) in [5.74, 6) is 0.605. The molecule has 1 nitrogen and oxygen atoms in total. The molecule has 50 valence electrons. The molecule has 1 unspecified atom stereocenters. The number of hydrogen-bond acceptors (Lipinski definition) is 1. The number of dihydropyridines is 1. The van der Waals surface area contributed by atoms with E-state index < -0.39 is 0 Å². The van der Waals surface area contributed by atoms with Crippen LogP contribution < -0.4 is 5.32 Å². The molecule has 1 atom stereocenters. The Kier molecular flexibility index (Phi) is 1.81. The second-order valence-electron chi connectivity index (χ2n) is 2.41. The maximum absolute atomic E-state index is 5.67. The molecule has 0 radical (unpaired) electrons. The standard InChI is InChI=1S/C7H10ClN/c1-7(6-8)4-2-3-5-9-7/h2-5,9H,6H2,1H3. The van der Waals surface area contributed by atoms with Gasteiger partial charge in [0.15, 0.2) is 0 Å². The van der Waals surface area contributed by atoms with Gasteiger partial charge in [0.2, 0.25) is 0 Å². The Bertz CT molecular complexity index is 151. The van der Waals surface area contributed by atoms with Crippen LogP contribution in [0.1, 0.15) is 6.92 Å². The molecule has 0 saturated heterocycles. The van der Waals surface area contributed by atoms with Crippen molar-refractivity contribution in [1.82, 2.24) is 5.32 Å². The molecule has 0 aromatic rings. The number of halogens is 1. The molecule has 2 heteroatoms. The predicted molar refractivity (Wildman–Crippen MR) is 40.5 cm³/mol. The van der Waals surface area contributed by atoms with E-state index in [2.05, 4.69) is 18.3 Å². The first kappa shape index (κ1) is 6.69. The van der Waals surface area contributed by atoms with Crippen molar-refractivity contribution >= 4 is 11.6 Å². The van der Waals surface area contributed by atoms with Gasteiger partial charge in [-0.05, 0) is 19.2 Å². The molecule has 0 fully saturated rings. The van der Waals surface area contributed by atoms with E-state index in [-0.39, 0.29) is 5.54 Å². The van der Waals surface area contributed by atoms with Crippen molar-refractivity contribution in [2.45, 2.75) is 12.5 Å². The molecule has 1 N–H and O–H groups in total. The van der Waals surface area contributed by atoms with E-state index in [0.717, 1.165) is 0 Å². The highest BCUT2D eigenvalue weighted by Gasteiger charge is 2.17. The molecule has 0 bridgehead atoms. The van der Waals surface area contributed by atoms with Gasteiger partial charge in [-0.2, -0.15) is 0 Å². The van der Waals surface area contributed by atoms with Crippen molar-refractivity contribution in [3.05, 3.63) is 24.4 Å². The summed E-state index contributed by atoms with van der Waals surface area (Å²) in [5.41, 5.74) is -0.0314. The Morgan fingerprint density at radius 1 is 1.56 bits per heavy atom. The summed E-state index contributed by atoms with van der Waals surface area (Å²) in [6.07, 6.45) is 7.91. The molecule has 0 aromatic heterocycles. The van der Waals surface area contributed by atoms with E-state index in [0.29, 0.717) is 5.88 Å². The summed E-state index contributed by atoms with van der Waals surface area (Å²) in [7, 11) is 0. The molecule has 0 saturated carbocycles. The number of hydrogen-bond donors (Lipinski definition) is 1. The lowest BCUT2D eigenvalue weighted by molar-refractivity contribution is 0.554. The highest BCUT2D eigenvalue weighted by Crippen LogP contribution is 2.10. The summed E-state index contributed by atoms with van der Waals surface area (Å²) in [6.45, 7) is 2.06. The Morgan fingerprint density at radius 2 is 2.33 bits per heavy atom. The first-order chi connectivity index (χ1) is 4.27. The second-order valence-corrected chi connectivity index (χ2v) is 2.68. The van der Waals surface area contributed by atoms with Crippen LogP contribution in [-0.4, -0.2) is 11.4 Å². The van der Waals surface area contributed by atoms with Crippen LogP contribution in [0, 0.1) is 0 Å². The Morgan fingerprint density at radius 3 is 2.67 bits per heavy atom. The zero-order valence-corrected chi connectivity index (χ0v) is 6.15. The zero-order valence-electron chi connectivity index (χ0n) is 5.39. The van der Waals surface area contributed by atoms with Crippen LogP contribution in [-0.2, 0) is 0 Å². The lowest BCUT2D eigenvalue weighted by Gasteiger charge is -2.25. The summed E-state index contributed by atoms with van der Waals surface area (Å²) >= 11 is 5.67. The van der Waals surface area contributed by atoms with Gasteiger partial charge in [-0.3, -0.25) is 0 Å². The lowest BCUT2D eigenvalue weighted by atomic mass is 10.0. The van der Waals surface area contributed by atoms with Gasteiger partial charge in [0.1, 0.15) is 0 Å². The van der Waals surface area contributed by atoms with Crippen molar-refractivity contribution in [3.8, 4) is 0 Å². The third kappa shape index (κ3) is 1.49. The molecule has 0 aromatic carbocycles. The SMILES string of the molecule is CC1(CCl)C=CC=CN1. The van der Waals surface area contributed by atoms with Crippen molar-refractivity contribution < 1.29 is 0 Å². The van der Waals surface area contributed by atoms with Crippen LogP contribution in [0.2, 0.25) is 0 Å². The van der Waals surface area contributed by atoms with Gasteiger partial charge in [-0.15, -0.1) is 11.6 Å². The van der Waals surface area contributed by atoms with Gasteiger partial charge < -0.3 is 5.32 Å². The van der Waals surface area contributed by atoms with Gasteiger partial charge in [-0.25, -0.2) is 0 Å². The van der Waals surface area contributed by atoms with E-state index in [1.165, 1.54) is 0 Å². The molecule has 0 spiro atoms. The summed E-state index contributed by atoms with van der Waals surface area (Å²) < 4.78 is 0. The van der Waals surface area contributed by atoms with Gasteiger partial charge in [0.25, 0.3) is 0 Å². The van der Waals surface area contributed by atoms with Gasteiger partial charge in [0.05, 0.1) is 5.54 Å². The maximum Gasteiger partial charge on any atom is 0.0660 e. The number of alkyl halides is 1. The molecule has 9 heavy (non-hydrogen) atoms. The van der Waals surface area contributed by atoms with Crippen LogP contribution in [0.3, 0.4) is 0 Å². The highest BCUT2D eigenvalue weighted by molar-refractivity contribution is 6.18. The molecular formula is C7H10ClN. The molecule has 1 heterocycles. The summed E-state index contributed by atoms with van der Waals surface area (Å²) in [4.78, 5) is 0. The predicted octanol–water partition coefficient (Wildman–Crippen LogP) is 1.66. The average Bonchev–Trinajstić information content (AvgIpc) is 1.90. The minimum absolute atomic E-state index is 0.0314. The first-order valence-electron chi connectivity index (χ1n) is 2.95. The third-order valence-corrected chi connectivity index (χ3v) is 1.92. The number of allylic oxidation sites excluding steroid dienone is 2. The normalized spacial score (nSPS) is 32.2. The number of nitrogens with one attached hydrogen (secondary N) is 1. The van der Waals surface area contributed by atoms with E-state index in [1.807, 2.05) is 18.4 Å². The fourth-order valence-electron chi connectivity index (χ4n) is 0.693. The Balaban J connectivity index is 2.63. The van der Waals surface area contributed by atoms with Crippen LogP contribution in [0.5, 0.6) is 0 Å². The molecule has 1 aliphatic heterocycles. The Labute approximate surface area is 60.4 Å². The third-order valence-electron chi connectivity index (χ3n) is 1.36. The van der Waals surface area contributed by atoms with Crippen LogP contribution in [0.4, 0.5) is 0 Å². The zero-order chi connectivity index (χ0) is 6.74. The van der Waals surface area contributed by atoms with Gasteiger partial charge in [0, 0.05) is 5.88 Å². The largest absolute Gasteiger partial charge is 0.381 e. The topological polar surface area (TPSA) is 12.0 Å². The monoisotopic (exact) mass is 143 g/mol. The Hall–Kier alpha value is -0.430. The first-order valence-corrected chi connectivity index (χ1v) is 3.48. The molecular weight excluding hydrogens is 134 g/mol. The summed E-state index contributed by atoms with van der Waals surface area (Å²) in [6, 6.07) is 0. The lowest BCUT2D eigenvalue weighted by Crippen LogP contribution is -2.39. The molecule has 1 rings (SSSR count). The van der Waals surface area contributed by atoms with E-state index in [4.69, 9.17) is 11.6 Å². The maximum atomic E-state index is 5.67. The quantitative estimate of drug-likeness (QED) is 0.551. The van der Waals surface area contributed by atoms with Crippen LogP contribution in [0.25, 0.3) is 0 Å². The average molecular weight is 144 g/mol. The van der Waals surface area contributed by atoms with E-state index in [9.17, 15) is 0 Å². The van der Waals surface area contributed by atoms with Crippen LogP contribution in [0.15, 0.2) is 24.4 Å². The van der Waals surface area contributed by atoms with E-state index in [1.54, 1.807) is 0 Å². The summed E-state index contributed by atoms with van der Waals surface area (Å²) in [5, 5.41) is 3.15. The highest BCUT2D eigenvalue weighted by atomic mass is 35.5. The van der Waals surface area contributed by atoms with Crippen molar-refractivity contribution in [3.63, 3.8) is 0 Å². The fraction of sp³-hybridized carbons (Fsp3) is 0.429. The molecule has 1 aliphatic rings.